The number of benzene rings is 1. The van der Waals surface area contributed by atoms with Crippen molar-refractivity contribution in [3.8, 4) is 5.75 Å². The Morgan fingerprint density at radius 3 is 2.17 bits per heavy atom. The van der Waals surface area contributed by atoms with Crippen molar-refractivity contribution in [1.29, 1.82) is 0 Å². The minimum absolute atomic E-state index is 0.552. The molecule has 1 aromatic carbocycles. The number of hydrogen-bond donors (Lipinski definition) is 0. The molecule has 0 radical (unpaired) electrons. The predicted molar refractivity (Wildman–Crippen MR) is 68.0 cm³/mol. The van der Waals surface area contributed by atoms with Crippen LogP contribution in [-0.2, 0) is 5.88 Å². The normalized spacial score (nSPS) is 10.0. The molecule has 0 amide bonds. The summed E-state index contributed by atoms with van der Waals surface area (Å²) in [4.78, 5) is 0. The molecule has 0 atom stereocenters. The van der Waals surface area contributed by atoms with E-state index in [4.69, 9.17) is 16.3 Å². The molecule has 12 heavy (non-hydrogen) atoms. The standard InChI is InChI=1S/C8H7ClI2O/c1-12-8-6(10)2-5(4-9)3-7(8)11/h2-3H,4H2,1H3. The minimum atomic E-state index is 0.552. The molecule has 66 valence electrons. The lowest BCUT2D eigenvalue weighted by molar-refractivity contribution is 0.408. The first-order valence-electron chi connectivity index (χ1n) is 3.27. The summed E-state index contributed by atoms with van der Waals surface area (Å²) < 4.78 is 7.44. The van der Waals surface area contributed by atoms with Crippen LogP contribution in [0.25, 0.3) is 0 Å². The summed E-state index contributed by atoms with van der Waals surface area (Å²) in [5.41, 5.74) is 1.13. The quantitative estimate of drug-likeness (QED) is 0.536. The van der Waals surface area contributed by atoms with Gasteiger partial charge in [-0.25, -0.2) is 0 Å². The molecular formula is C8H7ClI2O. The van der Waals surface area contributed by atoms with E-state index in [1.807, 2.05) is 12.1 Å². The van der Waals surface area contributed by atoms with Crippen molar-refractivity contribution in [2.24, 2.45) is 0 Å². The van der Waals surface area contributed by atoms with Crippen molar-refractivity contribution in [3.63, 3.8) is 0 Å². The summed E-state index contributed by atoms with van der Waals surface area (Å²) in [6.45, 7) is 0. The molecule has 0 aliphatic heterocycles. The van der Waals surface area contributed by atoms with Gasteiger partial charge in [-0.3, -0.25) is 0 Å². The van der Waals surface area contributed by atoms with E-state index in [9.17, 15) is 0 Å². The second-order valence-electron chi connectivity index (χ2n) is 2.23. The molecule has 0 fully saturated rings. The third-order valence-electron chi connectivity index (χ3n) is 1.42. The third kappa shape index (κ3) is 2.38. The molecule has 1 nitrogen and oxygen atoms in total. The van der Waals surface area contributed by atoms with Gasteiger partial charge in [-0.2, -0.15) is 0 Å². The molecule has 0 aromatic heterocycles. The van der Waals surface area contributed by atoms with Gasteiger partial charge < -0.3 is 4.74 Å². The maximum absolute atomic E-state index is 5.72. The van der Waals surface area contributed by atoms with Crippen LogP contribution in [0.5, 0.6) is 5.75 Å². The number of alkyl halides is 1. The zero-order valence-electron chi connectivity index (χ0n) is 6.40. The van der Waals surface area contributed by atoms with Crippen LogP contribution in [0.3, 0.4) is 0 Å². The van der Waals surface area contributed by atoms with Gasteiger partial charge in [0.15, 0.2) is 0 Å². The van der Waals surface area contributed by atoms with Crippen LogP contribution in [0.2, 0.25) is 0 Å². The first-order valence-corrected chi connectivity index (χ1v) is 5.96. The molecule has 0 saturated carbocycles. The molecule has 0 bridgehead atoms. The zero-order valence-corrected chi connectivity index (χ0v) is 11.5. The summed E-state index contributed by atoms with van der Waals surface area (Å²) in [5.74, 6) is 1.49. The second-order valence-corrected chi connectivity index (χ2v) is 4.82. The summed E-state index contributed by atoms with van der Waals surface area (Å²) >= 11 is 10.2. The van der Waals surface area contributed by atoms with Gasteiger partial charge in [0, 0.05) is 5.88 Å². The SMILES string of the molecule is COc1c(I)cc(CCl)cc1I. The van der Waals surface area contributed by atoms with Crippen molar-refractivity contribution >= 4 is 56.8 Å². The van der Waals surface area contributed by atoms with Crippen molar-refractivity contribution < 1.29 is 4.74 Å². The molecule has 0 heterocycles. The van der Waals surface area contributed by atoms with E-state index in [0.29, 0.717) is 5.88 Å². The monoisotopic (exact) mass is 408 g/mol. The summed E-state index contributed by atoms with van der Waals surface area (Å²) in [7, 11) is 1.68. The van der Waals surface area contributed by atoms with Crippen molar-refractivity contribution in [1.82, 2.24) is 0 Å². The molecule has 0 saturated heterocycles. The van der Waals surface area contributed by atoms with Crippen molar-refractivity contribution in [2.45, 2.75) is 5.88 Å². The van der Waals surface area contributed by atoms with Crippen LogP contribution in [0.15, 0.2) is 12.1 Å². The Bertz CT molecular complexity index is 265. The predicted octanol–water partition coefficient (Wildman–Crippen LogP) is 3.64. The Morgan fingerprint density at radius 1 is 1.33 bits per heavy atom. The zero-order chi connectivity index (χ0) is 9.14. The highest BCUT2D eigenvalue weighted by Gasteiger charge is 2.06. The molecule has 0 spiro atoms. The Balaban J connectivity index is 3.18. The highest BCUT2D eigenvalue weighted by molar-refractivity contribution is 14.1. The van der Waals surface area contributed by atoms with E-state index in [1.165, 1.54) is 0 Å². The van der Waals surface area contributed by atoms with Gasteiger partial charge in [0.25, 0.3) is 0 Å². The molecule has 0 aliphatic rings. The average Bonchev–Trinajstić information content (AvgIpc) is 2.03. The Kier molecular flexibility index (Phi) is 4.39. The molecule has 0 N–H and O–H groups in total. The van der Waals surface area contributed by atoms with Gasteiger partial charge >= 0.3 is 0 Å². The van der Waals surface area contributed by atoms with Gasteiger partial charge in [0.05, 0.1) is 14.3 Å². The molecule has 0 unspecified atom stereocenters. The fraction of sp³-hybridized carbons (Fsp3) is 0.250. The minimum Gasteiger partial charge on any atom is -0.495 e. The van der Waals surface area contributed by atoms with Gasteiger partial charge in [-0.1, -0.05) is 0 Å². The van der Waals surface area contributed by atoms with E-state index >= 15 is 0 Å². The molecule has 1 aromatic rings. The molecular weight excluding hydrogens is 401 g/mol. The maximum atomic E-state index is 5.72. The largest absolute Gasteiger partial charge is 0.495 e. The Labute approximate surface area is 104 Å². The van der Waals surface area contributed by atoms with Gasteiger partial charge in [-0.15, -0.1) is 11.6 Å². The number of hydrogen-bond acceptors (Lipinski definition) is 1. The second kappa shape index (κ2) is 4.85. The van der Waals surface area contributed by atoms with Crippen LogP contribution in [0.4, 0.5) is 0 Å². The van der Waals surface area contributed by atoms with Crippen molar-refractivity contribution in [2.75, 3.05) is 7.11 Å². The highest BCUT2D eigenvalue weighted by Crippen LogP contribution is 2.28. The van der Waals surface area contributed by atoms with Gasteiger partial charge in [-0.05, 0) is 62.9 Å². The average molecular weight is 408 g/mol. The number of rotatable bonds is 2. The lowest BCUT2D eigenvalue weighted by atomic mass is 10.2. The van der Waals surface area contributed by atoms with Crippen LogP contribution in [0.1, 0.15) is 5.56 Å². The van der Waals surface area contributed by atoms with Crippen LogP contribution in [0, 0.1) is 7.14 Å². The number of methoxy groups -OCH3 is 1. The van der Waals surface area contributed by atoms with E-state index in [-0.39, 0.29) is 0 Å². The summed E-state index contributed by atoms with van der Waals surface area (Å²) in [6.07, 6.45) is 0. The van der Waals surface area contributed by atoms with Crippen LogP contribution < -0.4 is 4.74 Å². The molecule has 4 heteroatoms. The number of ether oxygens (including phenoxy) is 1. The van der Waals surface area contributed by atoms with Crippen molar-refractivity contribution in [3.05, 3.63) is 24.8 Å². The first kappa shape index (κ1) is 10.8. The number of halogens is 3. The fourth-order valence-corrected chi connectivity index (χ4v) is 3.38. The van der Waals surface area contributed by atoms with E-state index in [1.54, 1.807) is 7.11 Å². The van der Waals surface area contributed by atoms with E-state index in [0.717, 1.165) is 18.5 Å². The van der Waals surface area contributed by atoms with E-state index < -0.39 is 0 Å². The Hall–Kier alpha value is 0.770. The van der Waals surface area contributed by atoms with Crippen LogP contribution >= 0.6 is 56.8 Å². The highest BCUT2D eigenvalue weighted by atomic mass is 127. The van der Waals surface area contributed by atoms with Gasteiger partial charge in [0.1, 0.15) is 5.75 Å². The van der Waals surface area contributed by atoms with E-state index in [2.05, 4.69) is 45.2 Å². The smallest absolute Gasteiger partial charge is 0.145 e. The first-order chi connectivity index (χ1) is 5.69. The Morgan fingerprint density at radius 2 is 1.83 bits per heavy atom. The molecule has 1 rings (SSSR count). The fourth-order valence-electron chi connectivity index (χ4n) is 0.885. The topological polar surface area (TPSA) is 9.23 Å². The molecule has 0 aliphatic carbocycles. The maximum Gasteiger partial charge on any atom is 0.145 e. The van der Waals surface area contributed by atoms with Crippen LogP contribution in [-0.4, -0.2) is 7.11 Å². The summed E-state index contributed by atoms with van der Waals surface area (Å²) in [5, 5.41) is 0. The third-order valence-corrected chi connectivity index (χ3v) is 3.33. The lowest BCUT2D eigenvalue weighted by Crippen LogP contribution is -1.92. The van der Waals surface area contributed by atoms with Gasteiger partial charge in [0.2, 0.25) is 0 Å². The lowest BCUT2D eigenvalue weighted by Gasteiger charge is -2.07. The summed E-state index contributed by atoms with van der Waals surface area (Å²) in [6, 6.07) is 4.07.